The molecule has 1 aromatic rings. The fourth-order valence-corrected chi connectivity index (χ4v) is 1.12. The van der Waals surface area contributed by atoms with E-state index in [2.05, 4.69) is 5.32 Å². The summed E-state index contributed by atoms with van der Waals surface area (Å²) in [5.74, 6) is 0. The molecule has 16 heavy (non-hydrogen) atoms. The first-order valence-electron chi connectivity index (χ1n) is 5.11. The van der Waals surface area contributed by atoms with Crippen molar-refractivity contribution in [3.05, 3.63) is 35.9 Å². The number of ether oxygens (including phenoxy) is 1. The highest BCUT2D eigenvalue weighted by atomic mass is 16.5. The van der Waals surface area contributed by atoms with Gasteiger partial charge in [0, 0.05) is 0 Å². The lowest BCUT2D eigenvalue weighted by atomic mass is 10.2. The molecule has 0 spiro atoms. The first-order chi connectivity index (χ1) is 7.76. The van der Waals surface area contributed by atoms with Gasteiger partial charge in [-0.05, 0) is 12.0 Å². The minimum atomic E-state index is -0.598. The third kappa shape index (κ3) is 4.13. The topological polar surface area (TPSA) is 55.4 Å². The third-order valence-corrected chi connectivity index (χ3v) is 2.06. The molecule has 0 aliphatic rings. The van der Waals surface area contributed by atoms with E-state index in [4.69, 9.17) is 4.74 Å². The molecule has 4 nitrogen and oxygen atoms in total. The standard InChI is InChI=1S/C12H14NO3/c1-2-11(8-14)13-12(15)16-9-10-6-4-3-5-7-10/h3-7,11H,2,9H2,1H3,(H,13,15). The molecule has 0 bridgehead atoms. The van der Waals surface area contributed by atoms with Crippen molar-refractivity contribution in [2.45, 2.75) is 26.0 Å². The average molecular weight is 220 g/mol. The highest BCUT2D eigenvalue weighted by molar-refractivity contribution is 5.73. The summed E-state index contributed by atoms with van der Waals surface area (Å²) in [6, 6.07) is 8.74. The van der Waals surface area contributed by atoms with Gasteiger partial charge in [0.15, 0.2) is 0 Å². The van der Waals surface area contributed by atoms with Gasteiger partial charge in [0.2, 0.25) is 6.29 Å². The van der Waals surface area contributed by atoms with Crippen LogP contribution in [0, 0.1) is 0 Å². The molecule has 1 radical (unpaired) electrons. The van der Waals surface area contributed by atoms with Crippen molar-refractivity contribution >= 4 is 12.4 Å². The van der Waals surface area contributed by atoms with Crippen molar-refractivity contribution in [3.63, 3.8) is 0 Å². The predicted octanol–water partition coefficient (Wildman–Crippen LogP) is 1.80. The molecule has 85 valence electrons. The van der Waals surface area contributed by atoms with Crippen molar-refractivity contribution in [2.75, 3.05) is 0 Å². The van der Waals surface area contributed by atoms with Gasteiger partial charge < -0.3 is 10.1 Å². The Morgan fingerprint density at radius 1 is 1.44 bits per heavy atom. The van der Waals surface area contributed by atoms with Crippen LogP contribution in [0.2, 0.25) is 0 Å². The summed E-state index contributed by atoms with van der Waals surface area (Å²) < 4.78 is 4.93. The molecule has 0 heterocycles. The highest BCUT2D eigenvalue weighted by Gasteiger charge is 2.10. The molecule has 1 unspecified atom stereocenters. The number of alkyl carbamates (subject to hydrolysis) is 1. The summed E-state index contributed by atoms with van der Waals surface area (Å²) in [6.45, 7) is 1.98. The van der Waals surface area contributed by atoms with Crippen LogP contribution in [0.4, 0.5) is 4.79 Å². The Morgan fingerprint density at radius 2 is 2.12 bits per heavy atom. The summed E-state index contributed by atoms with van der Waals surface area (Å²) in [4.78, 5) is 21.6. The fourth-order valence-electron chi connectivity index (χ4n) is 1.12. The minimum absolute atomic E-state index is 0.196. The lowest BCUT2D eigenvalue weighted by molar-refractivity contribution is 0.137. The smallest absolute Gasteiger partial charge is 0.408 e. The normalized spacial score (nSPS) is 11.6. The van der Waals surface area contributed by atoms with E-state index in [-0.39, 0.29) is 6.61 Å². The van der Waals surface area contributed by atoms with Crippen LogP contribution in [0.5, 0.6) is 0 Å². The first kappa shape index (κ1) is 12.2. The van der Waals surface area contributed by atoms with Crippen molar-refractivity contribution < 1.29 is 14.3 Å². The Morgan fingerprint density at radius 3 is 2.69 bits per heavy atom. The molecule has 4 heteroatoms. The lowest BCUT2D eigenvalue weighted by Crippen LogP contribution is -2.35. The van der Waals surface area contributed by atoms with Crippen LogP contribution in [-0.2, 0) is 16.1 Å². The van der Waals surface area contributed by atoms with Gasteiger partial charge in [0.05, 0.1) is 6.04 Å². The molecule has 1 N–H and O–H groups in total. The third-order valence-electron chi connectivity index (χ3n) is 2.06. The van der Waals surface area contributed by atoms with E-state index in [0.717, 1.165) is 5.56 Å². The van der Waals surface area contributed by atoms with Gasteiger partial charge in [-0.1, -0.05) is 37.3 Å². The van der Waals surface area contributed by atoms with Gasteiger partial charge in [0.1, 0.15) is 6.61 Å². The van der Waals surface area contributed by atoms with E-state index in [1.807, 2.05) is 30.3 Å². The zero-order valence-corrected chi connectivity index (χ0v) is 9.10. The number of hydrogen-bond acceptors (Lipinski definition) is 3. The second-order valence-corrected chi connectivity index (χ2v) is 3.28. The molecule has 1 rings (SSSR count). The molecule has 0 aliphatic heterocycles. The van der Waals surface area contributed by atoms with Gasteiger partial charge in [-0.2, -0.15) is 0 Å². The second kappa shape index (κ2) is 6.61. The maximum Gasteiger partial charge on any atom is 0.408 e. The summed E-state index contributed by atoms with van der Waals surface area (Å²) >= 11 is 0. The highest BCUT2D eigenvalue weighted by Crippen LogP contribution is 2.00. The summed E-state index contributed by atoms with van der Waals surface area (Å²) in [5, 5.41) is 2.40. The number of amides is 1. The van der Waals surface area contributed by atoms with Crippen LogP contribution < -0.4 is 5.32 Å². The molecular weight excluding hydrogens is 206 g/mol. The largest absolute Gasteiger partial charge is 0.445 e. The van der Waals surface area contributed by atoms with E-state index >= 15 is 0 Å². The van der Waals surface area contributed by atoms with Crippen molar-refractivity contribution in [2.24, 2.45) is 0 Å². The number of benzene rings is 1. The van der Waals surface area contributed by atoms with Gasteiger partial charge in [0.25, 0.3) is 0 Å². The van der Waals surface area contributed by atoms with Gasteiger partial charge in [-0.3, -0.25) is 4.79 Å². The Bertz CT molecular complexity index is 337. The zero-order chi connectivity index (χ0) is 11.8. The Kier molecular flexibility index (Phi) is 5.05. The number of carbonyl (C=O) groups excluding carboxylic acids is 2. The number of carbonyl (C=O) groups is 1. The van der Waals surface area contributed by atoms with Gasteiger partial charge in [-0.15, -0.1) is 0 Å². The summed E-state index contributed by atoms with van der Waals surface area (Å²) in [5.41, 5.74) is 0.904. The molecule has 1 amide bonds. The molecule has 0 fully saturated rings. The van der Waals surface area contributed by atoms with Crippen LogP contribution in [0.3, 0.4) is 0 Å². The quantitative estimate of drug-likeness (QED) is 0.823. The molecule has 0 aromatic heterocycles. The molecule has 0 saturated heterocycles. The van der Waals surface area contributed by atoms with E-state index in [9.17, 15) is 9.59 Å². The van der Waals surface area contributed by atoms with Crippen molar-refractivity contribution in [1.82, 2.24) is 5.32 Å². The number of nitrogens with one attached hydrogen (secondary N) is 1. The lowest BCUT2D eigenvalue weighted by Gasteiger charge is -2.10. The van der Waals surface area contributed by atoms with E-state index < -0.39 is 12.1 Å². The second-order valence-electron chi connectivity index (χ2n) is 3.28. The monoisotopic (exact) mass is 220 g/mol. The van der Waals surface area contributed by atoms with Crippen molar-refractivity contribution in [1.29, 1.82) is 0 Å². The minimum Gasteiger partial charge on any atom is -0.445 e. The molecule has 1 aromatic carbocycles. The molecule has 1 atom stereocenters. The average Bonchev–Trinajstić information content (AvgIpc) is 2.34. The Labute approximate surface area is 94.6 Å². The first-order valence-corrected chi connectivity index (χ1v) is 5.11. The Balaban J connectivity index is 2.33. The summed E-state index contributed by atoms with van der Waals surface area (Å²) in [6.07, 6.45) is 1.62. The van der Waals surface area contributed by atoms with Crippen LogP contribution in [0.15, 0.2) is 30.3 Å². The number of rotatable bonds is 5. The zero-order valence-electron chi connectivity index (χ0n) is 9.10. The van der Waals surface area contributed by atoms with Crippen LogP contribution in [0.1, 0.15) is 18.9 Å². The van der Waals surface area contributed by atoms with Crippen LogP contribution >= 0.6 is 0 Å². The van der Waals surface area contributed by atoms with Gasteiger partial charge >= 0.3 is 6.09 Å². The van der Waals surface area contributed by atoms with Gasteiger partial charge in [-0.25, -0.2) is 4.79 Å². The van der Waals surface area contributed by atoms with Crippen molar-refractivity contribution in [3.8, 4) is 0 Å². The van der Waals surface area contributed by atoms with E-state index in [1.165, 1.54) is 0 Å². The van der Waals surface area contributed by atoms with E-state index in [0.29, 0.717) is 6.42 Å². The van der Waals surface area contributed by atoms with Crippen LogP contribution in [-0.4, -0.2) is 18.4 Å². The fraction of sp³-hybridized carbons (Fsp3) is 0.333. The number of hydrogen-bond donors (Lipinski definition) is 1. The molecule has 0 saturated carbocycles. The molecular formula is C12H14NO3. The summed E-state index contributed by atoms with van der Waals surface area (Å²) in [7, 11) is 0. The maximum atomic E-state index is 11.2. The van der Waals surface area contributed by atoms with E-state index in [1.54, 1.807) is 13.2 Å². The SMILES string of the molecule is CCC([C]=O)NC(=O)OCc1ccccc1. The maximum absolute atomic E-state index is 11.2. The Hall–Kier alpha value is -1.84. The molecule has 0 aliphatic carbocycles. The predicted molar refractivity (Wildman–Crippen MR) is 59.5 cm³/mol. The van der Waals surface area contributed by atoms with Crippen LogP contribution in [0.25, 0.3) is 0 Å².